The van der Waals surface area contributed by atoms with E-state index in [0.717, 1.165) is 17.3 Å². The molecule has 15 heavy (non-hydrogen) atoms. The predicted octanol–water partition coefficient (Wildman–Crippen LogP) is 2.36. The van der Waals surface area contributed by atoms with Gasteiger partial charge in [-0.15, -0.1) is 0 Å². The van der Waals surface area contributed by atoms with Crippen LogP contribution in [0, 0.1) is 11.3 Å². The summed E-state index contributed by atoms with van der Waals surface area (Å²) < 4.78 is 5.78. The van der Waals surface area contributed by atoms with Gasteiger partial charge in [0.25, 0.3) is 0 Å². The maximum atomic E-state index is 11.9. The lowest BCUT2D eigenvalue weighted by Crippen LogP contribution is -2.40. The van der Waals surface area contributed by atoms with Crippen LogP contribution >= 0.6 is 22.6 Å². The van der Waals surface area contributed by atoms with Gasteiger partial charge in [0.15, 0.2) is 0 Å². The molecular formula is C11H17IO3. The summed E-state index contributed by atoms with van der Waals surface area (Å²) in [6.07, 6.45) is 2.88. The van der Waals surface area contributed by atoms with E-state index in [1.165, 1.54) is 7.11 Å². The molecular weight excluding hydrogens is 307 g/mol. The number of alkyl halides is 1. The van der Waals surface area contributed by atoms with Crippen molar-refractivity contribution in [3.05, 3.63) is 0 Å². The number of carbonyl (C=O) groups is 2. The van der Waals surface area contributed by atoms with Crippen LogP contribution in [0.3, 0.4) is 0 Å². The van der Waals surface area contributed by atoms with Crippen LogP contribution < -0.4 is 0 Å². The fraction of sp³-hybridized carbons (Fsp3) is 0.818. The van der Waals surface area contributed by atoms with Gasteiger partial charge in [-0.3, -0.25) is 9.59 Å². The topological polar surface area (TPSA) is 43.4 Å². The molecule has 3 nitrogen and oxygen atoms in total. The normalized spacial score (nSPS) is 30.6. The SMILES string of the molecule is COC(=O)[C@@]1(CCCI)C(=O)CC[C@@H]1C. The van der Waals surface area contributed by atoms with Crippen molar-refractivity contribution >= 4 is 34.3 Å². The molecule has 0 N–H and O–H groups in total. The highest BCUT2D eigenvalue weighted by atomic mass is 127. The molecule has 0 amide bonds. The molecule has 0 aromatic rings. The molecule has 0 radical (unpaired) electrons. The van der Waals surface area contributed by atoms with E-state index in [4.69, 9.17) is 4.74 Å². The molecule has 0 aromatic heterocycles. The van der Waals surface area contributed by atoms with Crippen molar-refractivity contribution in [2.75, 3.05) is 11.5 Å². The fourth-order valence-corrected chi connectivity index (χ4v) is 2.80. The van der Waals surface area contributed by atoms with Crippen LogP contribution in [-0.4, -0.2) is 23.3 Å². The molecule has 1 saturated carbocycles. The minimum Gasteiger partial charge on any atom is -0.468 e. The maximum absolute atomic E-state index is 11.9. The van der Waals surface area contributed by atoms with Gasteiger partial charge in [0, 0.05) is 6.42 Å². The van der Waals surface area contributed by atoms with Crippen molar-refractivity contribution in [2.45, 2.75) is 32.6 Å². The van der Waals surface area contributed by atoms with Gasteiger partial charge in [-0.1, -0.05) is 29.5 Å². The van der Waals surface area contributed by atoms with E-state index in [2.05, 4.69) is 22.6 Å². The first-order valence-corrected chi connectivity index (χ1v) is 6.79. The molecule has 0 aromatic carbocycles. The number of carbonyl (C=O) groups excluding carboxylic acids is 2. The van der Waals surface area contributed by atoms with Gasteiger partial charge in [0.05, 0.1) is 7.11 Å². The molecule has 1 rings (SSSR count). The van der Waals surface area contributed by atoms with E-state index in [1.54, 1.807) is 0 Å². The molecule has 1 fully saturated rings. The molecule has 0 unspecified atom stereocenters. The Labute approximate surface area is 104 Å². The van der Waals surface area contributed by atoms with Crippen LogP contribution in [0.1, 0.15) is 32.6 Å². The Morgan fingerprint density at radius 1 is 1.67 bits per heavy atom. The van der Waals surface area contributed by atoms with Crippen molar-refractivity contribution in [3.63, 3.8) is 0 Å². The van der Waals surface area contributed by atoms with E-state index in [9.17, 15) is 9.59 Å². The first kappa shape index (κ1) is 12.9. The Hall–Kier alpha value is -0.130. The Bertz CT molecular complexity index is 265. The molecule has 1 aliphatic rings. The van der Waals surface area contributed by atoms with Crippen molar-refractivity contribution in [2.24, 2.45) is 11.3 Å². The first-order valence-electron chi connectivity index (χ1n) is 5.27. The summed E-state index contributed by atoms with van der Waals surface area (Å²) in [5.74, 6) is -0.130. The second-order valence-electron chi connectivity index (χ2n) is 4.12. The third-order valence-electron chi connectivity index (χ3n) is 3.40. The summed E-state index contributed by atoms with van der Waals surface area (Å²) in [6.45, 7) is 1.98. The van der Waals surface area contributed by atoms with E-state index in [1.807, 2.05) is 6.92 Å². The smallest absolute Gasteiger partial charge is 0.319 e. The summed E-state index contributed by atoms with van der Waals surface area (Å²) in [5, 5.41) is 0. The second-order valence-corrected chi connectivity index (χ2v) is 5.20. The fourth-order valence-electron chi connectivity index (χ4n) is 2.42. The van der Waals surface area contributed by atoms with Crippen LogP contribution in [0.2, 0.25) is 0 Å². The van der Waals surface area contributed by atoms with Crippen LogP contribution in [0.5, 0.6) is 0 Å². The van der Waals surface area contributed by atoms with Crippen molar-refractivity contribution < 1.29 is 14.3 Å². The highest BCUT2D eigenvalue weighted by Crippen LogP contribution is 2.44. The molecule has 0 saturated heterocycles. The zero-order valence-corrected chi connectivity index (χ0v) is 11.4. The van der Waals surface area contributed by atoms with Crippen molar-refractivity contribution in [1.29, 1.82) is 0 Å². The van der Waals surface area contributed by atoms with Crippen molar-refractivity contribution in [3.8, 4) is 0 Å². The first-order chi connectivity index (χ1) is 7.09. The Morgan fingerprint density at radius 3 is 2.73 bits per heavy atom. The van der Waals surface area contributed by atoms with Crippen molar-refractivity contribution in [1.82, 2.24) is 0 Å². The summed E-state index contributed by atoms with van der Waals surface area (Å²) in [4.78, 5) is 23.7. The summed E-state index contributed by atoms with van der Waals surface area (Å²) in [6, 6.07) is 0. The van der Waals surface area contributed by atoms with E-state index < -0.39 is 5.41 Å². The Balaban J connectivity index is 2.93. The van der Waals surface area contributed by atoms with Gasteiger partial charge < -0.3 is 4.74 Å². The quantitative estimate of drug-likeness (QED) is 0.345. The molecule has 0 aliphatic heterocycles. The highest BCUT2D eigenvalue weighted by molar-refractivity contribution is 14.1. The minimum absolute atomic E-state index is 0.0756. The Morgan fingerprint density at radius 2 is 2.33 bits per heavy atom. The lowest BCUT2D eigenvalue weighted by atomic mass is 9.74. The number of rotatable bonds is 4. The molecule has 86 valence electrons. The van der Waals surface area contributed by atoms with Gasteiger partial charge in [0.2, 0.25) is 0 Å². The number of ether oxygens (including phenoxy) is 1. The summed E-state index contributed by atoms with van der Waals surface area (Å²) >= 11 is 2.27. The van der Waals surface area contributed by atoms with Crippen LogP contribution in [-0.2, 0) is 14.3 Å². The summed E-state index contributed by atoms with van der Waals surface area (Å²) in [5.41, 5.74) is -0.833. The third kappa shape index (κ3) is 2.19. The average molecular weight is 324 g/mol. The highest BCUT2D eigenvalue weighted by Gasteiger charge is 2.53. The van der Waals surface area contributed by atoms with Crippen LogP contribution in [0.15, 0.2) is 0 Å². The molecule has 1 aliphatic carbocycles. The lowest BCUT2D eigenvalue weighted by molar-refractivity contribution is -0.159. The maximum Gasteiger partial charge on any atom is 0.319 e. The number of hydrogen-bond acceptors (Lipinski definition) is 3. The number of hydrogen-bond donors (Lipinski definition) is 0. The van der Waals surface area contributed by atoms with Crippen LogP contribution in [0.4, 0.5) is 0 Å². The Kier molecular flexibility index (Phi) is 4.55. The monoisotopic (exact) mass is 324 g/mol. The zero-order valence-electron chi connectivity index (χ0n) is 9.22. The van der Waals surface area contributed by atoms with E-state index in [0.29, 0.717) is 12.8 Å². The third-order valence-corrected chi connectivity index (χ3v) is 4.16. The molecule has 0 heterocycles. The molecule has 4 heteroatoms. The number of methoxy groups -OCH3 is 1. The lowest BCUT2D eigenvalue weighted by Gasteiger charge is -2.28. The number of halogens is 1. The minimum atomic E-state index is -0.833. The number of ketones is 1. The second kappa shape index (κ2) is 5.27. The van der Waals surface area contributed by atoms with E-state index >= 15 is 0 Å². The van der Waals surface area contributed by atoms with Gasteiger partial charge in [-0.05, 0) is 29.6 Å². The zero-order chi connectivity index (χ0) is 11.5. The van der Waals surface area contributed by atoms with Crippen LogP contribution in [0.25, 0.3) is 0 Å². The average Bonchev–Trinajstić information content (AvgIpc) is 2.53. The number of Topliss-reactive ketones (excluding diaryl/α,β-unsaturated/α-hetero) is 1. The van der Waals surface area contributed by atoms with Gasteiger partial charge in [-0.25, -0.2) is 0 Å². The molecule has 2 atom stereocenters. The molecule has 0 bridgehead atoms. The largest absolute Gasteiger partial charge is 0.468 e. The molecule has 0 spiro atoms. The number of esters is 1. The van der Waals surface area contributed by atoms with Gasteiger partial charge in [0.1, 0.15) is 11.2 Å². The van der Waals surface area contributed by atoms with E-state index in [-0.39, 0.29) is 17.7 Å². The van der Waals surface area contributed by atoms with Gasteiger partial charge in [-0.2, -0.15) is 0 Å². The standard InChI is InChI=1S/C11H17IO3/c1-8-4-5-9(13)11(8,6-3-7-12)10(14)15-2/h8H,3-7H2,1-2H3/t8-,11+/m0/s1. The predicted molar refractivity (Wildman–Crippen MR) is 66.0 cm³/mol. The van der Waals surface area contributed by atoms with Gasteiger partial charge >= 0.3 is 5.97 Å². The summed E-state index contributed by atoms with van der Waals surface area (Å²) in [7, 11) is 1.37.